The lowest BCUT2D eigenvalue weighted by atomic mass is 9.98. The number of carbonyl (C=O) groups is 3. The average molecular weight is 467 g/mol. The van der Waals surface area contributed by atoms with E-state index < -0.39 is 12.1 Å². The summed E-state index contributed by atoms with van der Waals surface area (Å²) in [7, 11) is 1.63. The molecule has 2 aromatic carbocycles. The van der Waals surface area contributed by atoms with Crippen LogP contribution in [-0.4, -0.2) is 54.2 Å². The minimum atomic E-state index is -0.916. The van der Waals surface area contributed by atoms with Crippen LogP contribution in [0.4, 0.5) is 4.79 Å². The molecular weight excluding hydrogens is 432 g/mol. The number of hydrogen-bond donors (Lipinski definition) is 2. The predicted molar refractivity (Wildman–Crippen MR) is 131 cm³/mol. The molecule has 0 radical (unpaired) electrons. The molecule has 2 amide bonds. The first-order valence-corrected chi connectivity index (χ1v) is 11.9. The van der Waals surface area contributed by atoms with Gasteiger partial charge in [-0.3, -0.25) is 9.59 Å². The van der Waals surface area contributed by atoms with Crippen molar-refractivity contribution in [3.63, 3.8) is 0 Å². The van der Waals surface area contributed by atoms with E-state index in [4.69, 9.17) is 9.84 Å². The maximum atomic E-state index is 12.4. The minimum Gasteiger partial charge on any atom is -0.481 e. The number of amides is 2. The molecule has 0 aliphatic heterocycles. The molecule has 0 saturated heterocycles. The summed E-state index contributed by atoms with van der Waals surface area (Å²) in [6.07, 6.45) is 1.67. The number of fused-ring (bicyclic) bond motifs is 3. The zero-order valence-electron chi connectivity index (χ0n) is 20.1. The highest BCUT2D eigenvalue weighted by molar-refractivity contribution is 5.79. The van der Waals surface area contributed by atoms with Gasteiger partial charge in [0, 0.05) is 31.5 Å². The Hall–Kier alpha value is -3.35. The molecule has 1 aliphatic carbocycles. The van der Waals surface area contributed by atoms with Crippen LogP contribution in [-0.2, 0) is 14.3 Å². The summed E-state index contributed by atoms with van der Waals surface area (Å²) >= 11 is 0. The van der Waals surface area contributed by atoms with Gasteiger partial charge in [-0.2, -0.15) is 0 Å². The van der Waals surface area contributed by atoms with Gasteiger partial charge in [-0.05, 0) is 42.0 Å². The predicted octanol–water partition coefficient (Wildman–Crippen LogP) is 4.65. The van der Waals surface area contributed by atoms with Crippen LogP contribution in [0, 0.1) is 5.92 Å². The van der Waals surface area contributed by atoms with Gasteiger partial charge in [0.2, 0.25) is 5.91 Å². The van der Waals surface area contributed by atoms with Crippen LogP contribution in [0.3, 0.4) is 0 Å². The van der Waals surface area contributed by atoms with Gasteiger partial charge in [0.15, 0.2) is 0 Å². The highest BCUT2D eigenvalue weighted by atomic mass is 16.5. The van der Waals surface area contributed by atoms with Gasteiger partial charge in [0.1, 0.15) is 6.61 Å². The second-order valence-electron chi connectivity index (χ2n) is 9.11. The van der Waals surface area contributed by atoms with Gasteiger partial charge in [0.25, 0.3) is 0 Å². The molecule has 0 heterocycles. The summed E-state index contributed by atoms with van der Waals surface area (Å²) in [5.74, 6) is -1.14. The van der Waals surface area contributed by atoms with Gasteiger partial charge in [-0.15, -0.1) is 0 Å². The van der Waals surface area contributed by atoms with E-state index in [-0.39, 0.29) is 43.4 Å². The standard InChI is InChI=1S/C27H34N2O5/c1-18(26(32)29(3)16-15-25(30)31)9-8-10-19(2)28-27(33)34-17-24-22-13-6-4-11-20(22)21-12-5-7-14-23(21)24/h4-7,11-14,18-19,24H,8-10,15-17H2,1-3H3,(H,28,33)(H,30,31). The summed E-state index contributed by atoms with van der Waals surface area (Å²) in [4.78, 5) is 36.9. The number of alkyl carbamates (subject to hydrolysis) is 1. The maximum absolute atomic E-state index is 12.4. The average Bonchev–Trinajstić information content (AvgIpc) is 3.14. The molecule has 34 heavy (non-hydrogen) atoms. The Kier molecular flexibility index (Phi) is 8.68. The third-order valence-electron chi connectivity index (χ3n) is 6.44. The molecule has 1 aliphatic rings. The molecule has 7 nitrogen and oxygen atoms in total. The summed E-state index contributed by atoms with van der Waals surface area (Å²) in [6, 6.07) is 16.4. The molecular formula is C27H34N2O5. The quantitative estimate of drug-likeness (QED) is 0.502. The maximum Gasteiger partial charge on any atom is 0.407 e. The number of benzene rings is 2. The number of nitrogens with one attached hydrogen (secondary N) is 1. The number of carboxylic acid groups (broad SMARTS) is 1. The molecule has 2 unspecified atom stereocenters. The lowest BCUT2D eigenvalue weighted by Gasteiger charge is -2.21. The van der Waals surface area contributed by atoms with Crippen molar-refractivity contribution in [1.29, 1.82) is 0 Å². The van der Waals surface area contributed by atoms with Crippen LogP contribution in [0.1, 0.15) is 56.6 Å². The second-order valence-corrected chi connectivity index (χ2v) is 9.11. The van der Waals surface area contributed by atoms with Crippen molar-refractivity contribution < 1.29 is 24.2 Å². The van der Waals surface area contributed by atoms with Crippen LogP contribution in [0.25, 0.3) is 11.1 Å². The second kappa shape index (κ2) is 11.7. The summed E-state index contributed by atoms with van der Waals surface area (Å²) in [5, 5.41) is 11.6. The Morgan fingerprint density at radius 2 is 1.59 bits per heavy atom. The molecule has 0 bridgehead atoms. The molecule has 7 heteroatoms. The SMILES string of the molecule is CC(CCCC(C)C(=O)N(C)CCC(=O)O)NC(=O)OCC1c2ccccc2-c2ccccc21. The molecule has 0 fully saturated rings. The minimum absolute atomic E-state index is 0.0263. The summed E-state index contributed by atoms with van der Waals surface area (Å²) < 4.78 is 5.59. The normalized spacial score (nSPS) is 14.0. The van der Waals surface area contributed by atoms with Crippen molar-refractivity contribution in [2.24, 2.45) is 5.92 Å². The number of hydrogen-bond acceptors (Lipinski definition) is 4. The Morgan fingerprint density at radius 1 is 1.00 bits per heavy atom. The Bertz CT molecular complexity index is 976. The number of rotatable bonds is 11. The van der Waals surface area contributed by atoms with E-state index in [9.17, 15) is 14.4 Å². The smallest absolute Gasteiger partial charge is 0.407 e. The third kappa shape index (κ3) is 6.37. The lowest BCUT2D eigenvalue weighted by molar-refractivity contribution is -0.139. The number of nitrogens with zero attached hydrogens (tertiary/aromatic N) is 1. The van der Waals surface area contributed by atoms with Crippen molar-refractivity contribution >= 4 is 18.0 Å². The van der Waals surface area contributed by atoms with E-state index in [0.29, 0.717) is 6.42 Å². The van der Waals surface area contributed by atoms with Crippen LogP contribution in [0.2, 0.25) is 0 Å². The molecule has 0 spiro atoms. The van der Waals surface area contributed by atoms with E-state index in [1.807, 2.05) is 38.1 Å². The number of carboxylic acids is 1. The molecule has 182 valence electrons. The van der Waals surface area contributed by atoms with Gasteiger partial charge < -0.3 is 20.1 Å². The fraction of sp³-hybridized carbons (Fsp3) is 0.444. The highest BCUT2D eigenvalue weighted by Gasteiger charge is 2.29. The van der Waals surface area contributed by atoms with Crippen LogP contribution < -0.4 is 5.32 Å². The van der Waals surface area contributed by atoms with Crippen molar-refractivity contribution in [2.75, 3.05) is 20.2 Å². The van der Waals surface area contributed by atoms with Crippen molar-refractivity contribution in [1.82, 2.24) is 10.2 Å². The first-order chi connectivity index (χ1) is 16.3. The van der Waals surface area contributed by atoms with Crippen LogP contribution >= 0.6 is 0 Å². The van der Waals surface area contributed by atoms with Crippen LogP contribution in [0.5, 0.6) is 0 Å². The fourth-order valence-corrected chi connectivity index (χ4v) is 4.52. The Balaban J connectivity index is 1.41. The molecule has 2 aromatic rings. The number of carbonyl (C=O) groups excluding carboxylic acids is 2. The third-order valence-corrected chi connectivity index (χ3v) is 6.44. The van der Waals surface area contributed by atoms with Gasteiger partial charge >= 0.3 is 12.1 Å². The van der Waals surface area contributed by atoms with Gasteiger partial charge in [-0.25, -0.2) is 4.79 Å². The molecule has 3 rings (SSSR count). The highest BCUT2D eigenvalue weighted by Crippen LogP contribution is 2.44. The monoisotopic (exact) mass is 466 g/mol. The number of aliphatic carboxylic acids is 1. The zero-order chi connectivity index (χ0) is 24.7. The molecule has 0 saturated carbocycles. The largest absolute Gasteiger partial charge is 0.481 e. The Morgan fingerprint density at radius 3 is 2.18 bits per heavy atom. The van der Waals surface area contributed by atoms with Crippen molar-refractivity contribution in [3.05, 3.63) is 59.7 Å². The lowest BCUT2D eigenvalue weighted by Crippen LogP contribution is -2.35. The van der Waals surface area contributed by atoms with Gasteiger partial charge in [0.05, 0.1) is 6.42 Å². The topological polar surface area (TPSA) is 95.9 Å². The zero-order valence-corrected chi connectivity index (χ0v) is 20.1. The summed E-state index contributed by atoms with van der Waals surface area (Å²) in [6.45, 7) is 4.26. The Labute approximate surface area is 201 Å². The van der Waals surface area contributed by atoms with Crippen molar-refractivity contribution in [3.8, 4) is 11.1 Å². The first-order valence-electron chi connectivity index (χ1n) is 11.9. The van der Waals surface area contributed by atoms with E-state index in [2.05, 4.69) is 29.6 Å². The molecule has 0 aromatic heterocycles. The van der Waals surface area contributed by atoms with E-state index in [1.54, 1.807) is 7.05 Å². The van der Waals surface area contributed by atoms with Crippen LogP contribution in [0.15, 0.2) is 48.5 Å². The number of ether oxygens (including phenoxy) is 1. The fourth-order valence-electron chi connectivity index (χ4n) is 4.52. The molecule has 2 atom stereocenters. The van der Waals surface area contributed by atoms with E-state index in [1.165, 1.54) is 27.2 Å². The van der Waals surface area contributed by atoms with Crippen molar-refractivity contribution in [2.45, 2.75) is 51.5 Å². The summed E-state index contributed by atoms with van der Waals surface area (Å²) in [5.41, 5.74) is 4.74. The first kappa shape index (κ1) is 25.3. The van der Waals surface area contributed by atoms with E-state index >= 15 is 0 Å². The van der Waals surface area contributed by atoms with Gasteiger partial charge in [-0.1, -0.05) is 61.9 Å². The van der Waals surface area contributed by atoms with E-state index in [0.717, 1.165) is 12.8 Å². The molecule has 2 N–H and O–H groups in total.